The molecule has 0 aromatic carbocycles. The van der Waals surface area contributed by atoms with Gasteiger partial charge in [-0.1, -0.05) is 57.6 Å². The summed E-state index contributed by atoms with van der Waals surface area (Å²) in [5.74, 6) is -0.153. The molecule has 0 aliphatic heterocycles. The van der Waals surface area contributed by atoms with Crippen molar-refractivity contribution in [2.45, 2.75) is 71.5 Å². The lowest BCUT2D eigenvalue weighted by Crippen LogP contribution is -2.37. The molecule has 2 heteroatoms. The van der Waals surface area contributed by atoms with Gasteiger partial charge in [-0.2, -0.15) is 0 Å². The molecule has 0 N–H and O–H groups in total. The molecule has 0 heterocycles. The van der Waals surface area contributed by atoms with Crippen molar-refractivity contribution in [3.05, 3.63) is 12.2 Å². The molecule has 0 aliphatic carbocycles. The normalized spacial score (nSPS) is 14.3. The molecule has 0 saturated heterocycles. The highest BCUT2D eigenvalue weighted by Crippen LogP contribution is 2.28. The molecule has 0 fully saturated rings. The third-order valence-corrected chi connectivity index (χ3v) is 3.78. The van der Waals surface area contributed by atoms with Crippen molar-refractivity contribution in [2.75, 3.05) is 14.2 Å². The molecule has 2 nitrogen and oxygen atoms in total. The minimum absolute atomic E-state index is 0.337. The minimum atomic E-state index is -0.490. The van der Waals surface area contributed by atoms with Crippen LogP contribution in [0.25, 0.3) is 0 Å². The van der Waals surface area contributed by atoms with Crippen molar-refractivity contribution in [3.8, 4) is 0 Å². The Morgan fingerprint density at radius 2 is 1.56 bits per heavy atom. The maximum absolute atomic E-state index is 5.52. The number of methoxy groups -OCH3 is 2. The Bertz CT molecular complexity index is 207. The summed E-state index contributed by atoms with van der Waals surface area (Å²) in [5.41, 5.74) is 0. The zero-order valence-corrected chi connectivity index (χ0v) is 13.0. The SMILES string of the molecule is CC=CC(CCCCCCCC)C(C)(OC)OC. The average Bonchev–Trinajstić information content (AvgIpc) is 2.40. The summed E-state index contributed by atoms with van der Waals surface area (Å²) in [5, 5.41) is 0. The van der Waals surface area contributed by atoms with Crippen molar-refractivity contribution in [1.82, 2.24) is 0 Å². The van der Waals surface area contributed by atoms with Crippen LogP contribution < -0.4 is 0 Å². The molecule has 1 unspecified atom stereocenters. The quantitative estimate of drug-likeness (QED) is 0.296. The van der Waals surface area contributed by atoms with E-state index in [4.69, 9.17) is 9.47 Å². The third kappa shape index (κ3) is 6.55. The summed E-state index contributed by atoms with van der Waals surface area (Å²) in [7, 11) is 3.45. The van der Waals surface area contributed by atoms with Crippen LogP contribution in [0, 0.1) is 5.92 Å². The van der Waals surface area contributed by atoms with Gasteiger partial charge in [0.2, 0.25) is 0 Å². The largest absolute Gasteiger partial charge is 0.353 e. The van der Waals surface area contributed by atoms with Crippen LogP contribution in [0.15, 0.2) is 12.2 Å². The number of allylic oxidation sites excluding steroid dienone is 1. The number of hydrogen-bond acceptors (Lipinski definition) is 2. The van der Waals surface area contributed by atoms with Crippen molar-refractivity contribution >= 4 is 0 Å². The predicted octanol–water partition coefficient (Wildman–Crippen LogP) is 4.94. The lowest BCUT2D eigenvalue weighted by Gasteiger charge is -2.33. The van der Waals surface area contributed by atoms with Gasteiger partial charge in [-0.05, 0) is 20.3 Å². The van der Waals surface area contributed by atoms with Gasteiger partial charge < -0.3 is 9.47 Å². The Balaban J connectivity index is 4.05. The maximum atomic E-state index is 5.52. The fourth-order valence-corrected chi connectivity index (χ4v) is 2.30. The summed E-state index contributed by atoms with van der Waals surface area (Å²) in [4.78, 5) is 0. The standard InChI is InChI=1S/C16H32O2/c1-6-8-9-10-11-12-14-15(13-7-2)16(3,17-4)18-5/h7,13,15H,6,8-12,14H2,1-5H3. The van der Waals surface area contributed by atoms with Crippen LogP contribution >= 0.6 is 0 Å². The monoisotopic (exact) mass is 256 g/mol. The van der Waals surface area contributed by atoms with E-state index in [9.17, 15) is 0 Å². The third-order valence-electron chi connectivity index (χ3n) is 3.78. The Hall–Kier alpha value is -0.340. The lowest BCUT2D eigenvalue weighted by atomic mass is 9.92. The summed E-state index contributed by atoms with van der Waals surface area (Å²) in [6, 6.07) is 0. The summed E-state index contributed by atoms with van der Waals surface area (Å²) >= 11 is 0. The molecule has 0 rings (SSSR count). The second kappa shape index (κ2) is 10.6. The minimum Gasteiger partial charge on any atom is -0.353 e. The smallest absolute Gasteiger partial charge is 0.170 e. The molecule has 0 radical (unpaired) electrons. The van der Waals surface area contributed by atoms with E-state index >= 15 is 0 Å². The van der Waals surface area contributed by atoms with Crippen molar-refractivity contribution in [1.29, 1.82) is 0 Å². The Morgan fingerprint density at radius 3 is 2.06 bits per heavy atom. The summed E-state index contributed by atoms with van der Waals surface area (Å²) in [6.07, 6.45) is 13.4. The first-order chi connectivity index (χ1) is 8.64. The second-order valence-corrected chi connectivity index (χ2v) is 5.11. The van der Waals surface area contributed by atoms with Gasteiger partial charge in [0, 0.05) is 20.1 Å². The highest BCUT2D eigenvalue weighted by molar-refractivity contribution is 4.92. The molecule has 0 saturated carbocycles. The first-order valence-corrected chi connectivity index (χ1v) is 7.37. The van der Waals surface area contributed by atoms with Gasteiger partial charge in [-0.15, -0.1) is 0 Å². The van der Waals surface area contributed by atoms with E-state index in [0.717, 1.165) is 6.42 Å². The second-order valence-electron chi connectivity index (χ2n) is 5.11. The summed E-state index contributed by atoms with van der Waals surface area (Å²) in [6.45, 7) is 6.33. The van der Waals surface area contributed by atoms with Gasteiger partial charge >= 0.3 is 0 Å². The van der Waals surface area contributed by atoms with Gasteiger partial charge in [0.1, 0.15) is 0 Å². The summed E-state index contributed by atoms with van der Waals surface area (Å²) < 4.78 is 11.0. The van der Waals surface area contributed by atoms with E-state index in [-0.39, 0.29) is 0 Å². The van der Waals surface area contributed by atoms with E-state index in [2.05, 4.69) is 26.0 Å². The molecule has 1 atom stereocenters. The van der Waals surface area contributed by atoms with Crippen LogP contribution in [0.1, 0.15) is 65.7 Å². The molecule has 0 aromatic heterocycles. The number of rotatable bonds is 11. The average molecular weight is 256 g/mol. The number of unbranched alkanes of at least 4 members (excludes halogenated alkanes) is 5. The van der Waals surface area contributed by atoms with E-state index in [1.807, 2.05) is 6.92 Å². The zero-order valence-electron chi connectivity index (χ0n) is 13.0. The predicted molar refractivity (Wildman–Crippen MR) is 78.7 cm³/mol. The Labute approximate surface area is 114 Å². The number of hydrogen-bond donors (Lipinski definition) is 0. The van der Waals surface area contributed by atoms with Gasteiger partial charge in [-0.25, -0.2) is 0 Å². The Morgan fingerprint density at radius 1 is 1.00 bits per heavy atom. The van der Waals surface area contributed by atoms with Crippen molar-refractivity contribution < 1.29 is 9.47 Å². The van der Waals surface area contributed by atoms with Gasteiger partial charge in [0.05, 0.1) is 0 Å². The van der Waals surface area contributed by atoms with Crippen LogP contribution in [0.3, 0.4) is 0 Å². The van der Waals surface area contributed by atoms with Gasteiger partial charge in [-0.3, -0.25) is 0 Å². The molecule has 0 aromatic rings. The number of ether oxygens (including phenoxy) is 2. The van der Waals surface area contributed by atoms with E-state index in [1.54, 1.807) is 14.2 Å². The molecule has 0 bridgehead atoms. The van der Waals surface area contributed by atoms with Crippen molar-refractivity contribution in [2.24, 2.45) is 5.92 Å². The lowest BCUT2D eigenvalue weighted by molar-refractivity contribution is -0.218. The molecule has 108 valence electrons. The molecular formula is C16H32O2. The first kappa shape index (κ1) is 17.7. The molecule has 0 amide bonds. The van der Waals surface area contributed by atoms with Crippen LogP contribution in [0.2, 0.25) is 0 Å². The first-order valence-electron chi connectivity index (χ1n) is 7.37. The molecule has 0 aliphatic rings. The van der Waals surface area contributed by atoms with Crippen LogP contribution in [0.5, 0.6) is 0 Å². The van der Waals surface area contributed by atoms with Gasteiger partial charge in [0.15, 0.2) is 5.79 Å². The maximum Gasteiger partial charge on any atom is 0.170 e. The fourth-order valence-electron chi connectivity index (χ4n) is 2.30. The van der Waals surface area contributed by atoms with Crippen LogP contribution in [0.4, 0.5) is 0 Å². The van der Waals surface area contributed by atoms with Gasteiger partial charge in [0.25, 0.3) is 0 Å². The van der Waals surface area contributed by atoms with E-state index in [1.165, 1.54) is 38.5 Å². The van der Waals surface area contributed by atoms with Crippen molar-refractivity contribution in [3.63, 3.8) is 0 Å². The zero-order chi connectivity index (χ0) is 13.9. The van der Waals surface area contributed by atoms with E-state index < -0.39 is 5.79 Å². The highest BCUT2D eigenvalue weighted by Gasteiger charge is 2.31. The molecule has 18 heavy (non-hydrogen) atoms. The fraction of sp³-hybridized carbons (Fsp3) is 0.875. The van der Waals surface area contributed by atoms with Crippen LogP contribution in [-0.4, -0.2) is 20.0 Å². The molecular weight excluding hydrogens is 224 g/mol. The van der Waals surface area contributed by atoms with Crippen LogP contribution in [-0.2, 0) is 9.47 Å². The Kier molecular flexibility index (Phi) is 10.4. The molecule has 0 spiro atoms. The van der Waals surface area contributed by atoms with E-state index in [0.29, 0.717) is 5.92 Å². The topological polar surface area (TPSA) is 18.5 Å². The highest BCUT2D eigenvalue weighted by atomic mass is 16.7.